The van der Waals surface area contributed by atoms with Crippen molar-refractivity contribution in [1.82, 2.24) is 5.32 Å². The molecule has 0 radical (unpaired) electrons. The number of amides is 2. The van der Waals surface area contributed by atoms with Crippen LogP contribution in [0.5, 0.6) is 5.75 Å². The van der Waals surface area contributed by atoms with Crippen LogP contribution in [-0.2, 0) is 20.9 Å². The molecule has 2 heterocycles. The first kappa shape index (κ1) is 23.1. The second-order valence-electron chi connectivity index (χ2n) is 9.38. The normalized spacial score (nSPS) is 25.5. The molecule has 2 aliphatic heterocycles. The minimum atomic E-state index is -0.520. The molecular weight excluding hydrogens is 456 g/mol. The minimum Gasteiger partial charge on any atom is -0.487 e. The van der Waals surface area contributed by atoms with Crippen LogP contribution >= 0.6 is 11.6 Å². The fourth-order valence-corrected chi connectivity index (χ4v) is 5.09. The standard InChI is InChI=1S/C26H29ClN2O5/c27-17-6-4-15(5-7-17)13-28-24(31)12-19-11-21-20-10-18(29-26(32)16-2-1-3-16)8-9-22(20)34-25(21)23(14-30)33-19/h4-10,16,19,21,23,25,30H,1-3,11-14H2,(H,28,31)(H,29,32)/t19-,21+,23-,25-/m1/s1. The fourth-order valence-electron chi connectivity index (χ4n) is 4.96. The van der Waals surface area contributed by atoms with Gasteiger partial charge in [-0.15, -0.1) is 0 Å². The van der Waals surface area contributed by atoms with Crippen LogP contribution in [0.4, 0.5) is 5.69 Å². The summed E-state index contributed by atoms with van der Waals surface area (Å²) in [5, 5.41) is 16.5. The zero-order chi connectivity index (χ0) is 23.7. The number of anilines is 1. The quantitative estimate of drug-likeness (QED) is 0.555. The van der Waals surface area contributed by atoms with Gasteiger partial charge in [0.2, 0.25) is 11.8 Å². The van der Waals surface area contributed by atoms with Gasteiger partial charge in [-0.2, -0.15) is 0 Å². The Hall–Kier alpha value is -2.61. The number of hydrogen-bond acceptors (Lipinski definition) is 5. The largest absolute Gasteiger partial charge is 0.487 e. The van der Waals surface area contributed by atoms with Gasteiger partial charge in [0.25, 0.3) is 0 Å². The number of rotatable bonds is 7. The summed E-state index contributed by atoms with van der Waals surface area (Å²) < 4.78 is 12.2. The van der Waals surface area contributed by atoms with Gasteiger partial charge < -0.3 is 25.2 Å². The molecule has 0 unspecified atom stereocenters. The highest BCUT2D eigenvalue weighted by atomic mass is 35.5. The Balaban J connectivity index is 1.23. The lowest BCUT2D eigenvalue weighted by molar-refractivity contribution is -0.142. The van der Waals surface area contributed by atoms with Crippen molar-refractivity contribution in [2.75, 3.05) is 11.9 Å². The second-order valence-corrected chi connectivity index (χ2v) is 9.82. The molecule has 0 bridgehead atoms. The Morgan fingerprint density at radius 1 is 1.12 bits per heavy atom. The Kier molecular flexibility index (Phi) is 6.77. The Morgan fingerprint density at radius 3 is 2.62 bits per heavy atom. The van der Waals surface area contributed by atoms with Gasteiger partial charge in [-0.1, -0.05) is 30.2 Å². The maximum absolute atomic E-state index is 12.6. The van der Waals surface area contributed by atoms with Gasteiger partial charge in [-0.05, 0) is 55.2 Å². The summed E-state index contributed by atoms with van der Waals surface area (Å²) in [4.78, 5) is 25.0. The molecule has 4 atom stereocenters. The number of aliphatic hydroxyl groups is 1. The predicted molar refractivity (Wildman–Crippen MR) is 128 cm³/mol. The van der Waals surface area contributed by atoms with E-state index in [1.165, 1.54) is 0 Å². The van der Waals surface area contributed by atoms with Crippen LogP contribution in [0.15, 0.2) is 42.5 Å². The number of halogens is 1. The van der Waals surface area contributed by atoms with Crippen molar-refractivity contribution in [3.8, 4) is 5.75 Å². The first-order chi connectivity index (χ1) is 16.5. The number of nitrogens with one attached hydrogen (secondary N) is 2. The first-order valence-corrected chi connectivity index (χ1v) is 12.3. The van der Waals surface area contributed by atoms with Gasteiger partial charge in [-0.25, -0.2) is 0 Å². The van der Waals surface area contributed by atoms with E-state index in [1.807, 2.05) is 30.3 Å². The first-order valence-electron chi connectivity index (χ1n) is 11.9. The zero-order valence-corrected chi connectivity index (χ0v) is 19.6. The van der Waals surface area contributed by atoms with Crippen molar-refractivity contribution in [1.29, 1.82) is 0 Å². The number of aliphatic hydroxyl groups excluding tert-OH is 1. The summed E-state index contributed by atoms with van der Waals surface area (Å²) in [6, 6.07) is 13.0. The predicted octanol–water partition coefficient (Wildman–Crippen LogP) is 3.78. The van der Waals surface area contributed by atoms with E-state index in [0.717, 1.165) is 41.8 Å². The SMILES string of the molecule is O=C(C[C@H]1C[C@H]2c3cc(NC(=O)C4CCC4)ccc3O[C@H]2[C@@H](CO)O1)NCc1ccc(Cl)cc1. The van der Waals surface area contributed by atoms with Crippen LogP contribution in [0.25, 0.3) is 0 Å². The number of ether oxygens (including phenoxy) is 2. The number of fused-ring (bicyclic) bond motifs is 3. The molecular formula is C26H29ClN2O5. The van der Waals surface area contributed by atoms with Crippen LogP contribution in [0.1, 0.15) is 49.1 Å². The van der Waals surface area contributed by atoms with Crippen LogP contribution in [0.2, 0.25) is 5.02 Å². The highest BCUT2D eigenvalue weighted by Gasteiger charge is 2.46. The summed E-state index contributed by atoms with van der Waals surface area (Å²) in [6.07, 6.45) is 2.62. The molecule has 2 aromatic carbocycles. The molecule has 2 fully saturated rings. The summed E-state index contributed by atoms with van der Waals surface area (Å²) in [5.74, 6) is 0.782. The molecule has 1 saturated carbocycles. The molecule has 0 aromatic heterocycles. The number of benzene rings is 2. The lowest BCUT2D eigenvalue weighted by Crippen LogP contribution is -2.47. The second kappa shape index (κ2) is 9.94. The van der Waals surface area contributed by atoms with E-state index in [1.54, 1.807) is 12.1 Å². The van der Waals surface area contributed by atoms with Crippen molar-refractivity contribution < 1.29 is 24.2 Å². The average molecular weight is 485 g/mol. The van der Waals surface area contributed by atoms with E-state index in [4.69, 9.17) is 21.1 Å². The van der Waals surface area contributed by atoms with E-state index >= 15 is 0 Å². The Morgan fingerprint density at radius 2 is 1.91 bits per heavy atom. The van der Waals surface area contributed by atoms with Gasteiger partial charge in [-0.3, -0.25) is 9.59 Å². The minimum absolute atomic E-state index is 0.0180. The zero-order valence-electron chi connectivity index (χ0n) is 18.8. The third-order valence-corrected chi connectivity index (χ3v) is 7.31. The molecule has 5 rings (SSSR count). The number of carbonyl (C=O) groups is 2. The van der Waals surface area contributed by atoms with Crippen molar-refractivity contribution in [2.24, 2.45) is 5.92 Å². The Bertz CT molecular complexity index is 1060. The molecule has 1 saturated heterocycles. The van der Waals surface area contributed by atoms with Crippen LogP contribution in [0, 0.1) is 5.92 Å². The molecule has 2 amide bonds. The van der Waals surface area contributed by atoms with Crippen molar-refractivity contribution >= 4 is 29.1 Å². The van der Waals surface area contributed by atoms with E-state index in [-0.39, 0.29) is 48.9 Å². The fraction of sp³-hybridized carbons (Fsp3) is 0.462. The highest BCUT2D eigenvalue weighted by molar-refractivity contribution is 6.30. The molecule has 34 heavy (non-hydrogen) atoms. The van der Waals surface area contributed by atoms with E-state index in [2.05, 4.69) is 10.6 Å². The molecule has 180 valence electrons. The third kappa shape index (κ3) is 4.92. The maximum Gasteiger partial charge on any atom is 0.227 e. The molecule has 8 heteroatoms. The molecule has 7 nitrogen and oxygen atoms in total. The van der Waals surface area contributed by atoms with Gasteiger partial charge in [0.15, 0.2) is 0 Å². The van der Waals surface area contributed by atoms with Crippen LogP contribution in [0.3, 0.4) is 0 Å². The van der Waals surface area contributed by atoms with Crippen molar-refractivity contribution in [2.45, 2.75) is 62.9 Å². The molecule has 3 N–H and O–H groups in total. The smallest absolute Gasteiger partial charge is 0.227 e. The molecule has 2 aromatic rings. The number of carbonyl (C=O) groups excluding carboxylic acids is 2. The summed E-state index contributed by atoms with van der Waals surface area (Å²) >= 11 is 5.91. The van der Waals surface area contributed by atoms with Crippen molar-refractivity contribution in [3.63, 3.8) is 0 Å². The van der Waals surface area contributed by atoms with Crippen LogP contribution in [-0.4, -0.2) is 41.8 Å². The van der Waals surface area contributed by atoms with Gasteiger partial charge >= 0.3 is 0 Å². The number of hydrogen-bond donors (Lipinski definition) is 3. The molecule has 3 aliphatic rings. The van der Waals surface area contributed by atoms with Gasteiger partial charge in [0, 0.05) is 34.7 Å². The van der Waals surface area contributed by atoms with Gasteiger partial charge in [0.05, 0.1) is 19.1 Å². The summed E-state index contributed by atoms with van der Waals surface area (Å²) in [5.41, 5.74) is 2.71. The highest BCUT2D eigenvalue weighted by Crippen LogP contribution is 2.47. The topological polar surface area (TPSA) is 96.9 Å². The monoisotopic (exact) mass is 484 g/mol. The summed E-state index contributed by atoms with van der Waals surface area (Å²) in [6.45, 7) is 0.220. The summed E-state index contributed by atoms with van der Waals surface area (Å²) in [7, 11) is 0. The van der Waals surface area contributed by atoms with E-state index in [0.29, 0.717) is 18.0 Å². The maximum atomic E-state index is 12.6. The average Bonchev–Trinajstić information content (AvgIpc) is 3.15. The van der Waals surface area contributed by atoms with E-state index in [9.17, 15) is 14.7 Å². The lowest BCUT2D eigenvalue weighted by atomic mass is 9.83. The van der Waals surface area contributed by atoms with Crippen LogP contribution < -0.4 is 15.4 Å². The molecule has 1 aliphatic carbocycles. The van der Waals surface area contributed by atoms with Gasteiger partial charge in [0.1, 0.15) is 18.0 Å². The Labute approximate surface area is 203 Å². The molecule has 0 spiro atoms. The van der Waals surface area contributed by atoms with E-state index < -0.39 is 6.10 Å². The van der Waals surface area contributed by atoms with Crippen molar-refractivity contribution in [3.05, 3.63) is 58.6 Å². The third-order valence-electron chi connectivity index (χ3n) is 7.06. The lowest BCUT2D eigenvalue weighted by Gasteiger charge is -2.37.